The maximum absolute atomic E-state index is 12.8. The van der Waals surface area contributed by atoms with Crippen molar-refractivity contribution in [1.29, 1.82) is 0 Å². The highest BCUT2D eigenvalue weighted by atomic mass is 16.2. The topological polar surface area (TPSA) is 83.0 Å². The third-order valence-corrected chi connectivity index (χ3v) is 6.66. The molecule has 0 aromatic carbocycles. The normalized spacial score (nSPS) is 22.5. The van der Waals surface area contributed by atoms with Crippen molar-refractivity contribution in [2.45, 2.75) is 25.8 Å². The van der Waals surface area contributed by atoms with E-state index in [0.29, 0.717) is 5.92 Å². The Morgan fingerprint density at radius 1 is 1.21 bits per heavy atom. The Morgan fingerprint density at radius 2 is 1.96 bits per heavy atom. The van der Waals surface area contributed by atoms with Gasteiger partial charge in [0.05, 0.1) is 17.8 Å². The van der Waals surface area contributed by atoms with Crippen LogP contribution in [-0.2, 0) is 17.6 Å². The first-order valence-electron chi connectivity index (χ1n) is 10.3. The number of amides is 1. The molecule has 1 amide bonds. The number of carbonyl (C=O) groups is 1. The molecule has 0 aliphatic carbocycles. The van der Waals surface area contributed by atoms with Crippen LogP contribution in [0, 0.1) is 11.8 Å². The van der Waals surface area contributed by atoms with Crippen LogP contribution in [0.1, 0.15) is 18.2 Å². The summed E-state index contributed by atoms with van der Waals surface area (Å²) in [5, 5.41) is 4.53. The fourth-order valence-corrected chi connectivity index (χ4v) is 4.60. The molecule has 0 saturated carbocycles. The van der Waals surface area contributed by atoms with Gasteiger partial charge in [-0.3, -0.25) is 4.79 Å². The van der Waals surface area contributed by atoms with Crippen LogP contribution in [0.3, 0.4) is 0 Å². The van der Waals surface area contributed by atoms with Gasteiger partial charge in [0.15, 0.2) is 5.65 Å². The summed E-state index contributed by atoms with van der Waals surface area (Å²) in [5.74, 6) is 1.96. The maximum Gasteiger partial charge on any atom is 0.229 e. The number of anilines is 1. The van der Waals surface area contributed by atoms with E-state index in [-0.39, 0.29) is 17.9 Å². The van der Waals surface area contributed by atoms with E-state index in [1.807, 2.05) is 28.6 Å². The second kappa shape index (κ2) is 6.70. The number of nitrogens with two attached hydrogens (primary N) is 1. The number of carbonyl (C=O) groups excluding carboxylic acids is 1. The van der Waals surface area contributed by atoms with Gasteiger partial charge in [0.2, 0.25) is 5.91 Å². The Bertz CT molecular complexity index is 895. The maximum atomic E-state index is 12.8. The second-order valence-corrected chi connectivity index (χ2v) is 8.73. The fraction of sp³-hybridized carbons (Fsp3) is 0.650. The number of aromatic nitrogens is 3. The Hall–Kier alpha value is -2.19. The summed E-state index contributed by atoms with van der Waals surface area (Å²) in [4.78, 5) is 24.3. The number of fused-ring (bicyclic) bond motifs is 2. The van der Waals surface area contributed by atoms with Crippen molar-refractivity contribution < 1.29 is 4.79 Å². The average molecular weight is 384 g/mol. The largest absolute Gasteiger partial charge is 0.354 e. The minimum atomic E-state index is 0.0805. The van der Waals surface area contributed by atoms with E-state index in [2.05, 4.69) is 21.9 Å². The van der Waals surface area contributed by atoms with Gasteiger partial charge in [0.25, 0.3) is 0 Å². The third kappa shape index (κ3) is 2.86. The van der Waals surface area contributed by atoms with Crippen molar-refractivity contribution in [3.63, 3.8) is 0 Å². The molecule has 150 valence electrons. The van der Waals surface area contributed by atoms with Gasteiger partial charge in [-0.15, -0.1) is 0 Å². The molecule has 2 fully saturated rings. The van der Waals surface area contributed by atoms with Crippen molar-refractivity contribution in [3.05, 3.63) is 23.5 Å². The molecule has 3 aliphatic heterocycles. The summed E-state index contributed by atoms with van der Waals surface area (Å²) < 4.78 is 1.96. The van der Waals surface area contributed by atoms with Gasteiger partial charge in [-0.05, 0) is 20.4 Å². The van der Waals surface area contributed by atoms with Gasteiger partial charge in [0.1, 0.15) is 5.82 Å². The zero-order chi connectivity index (χ0) is 19.4. The summed E-state index contributed by atoms with van der Waals surface area (Å²) in [6.07, 6.45) is 3.75. The molecule has 0 spiro atoms. The van der Waals surface area contributed by atoms with Gasteiger partial charge in [-0.25, -0.2) is 4.98 Å². The molecular formula is C20H29N7O. The van der Waals surface area contributed by atoms with E-state index in [1.165, 1.54) is 11.3 Å². The van der Waals surface area contributed by atoms with Crippen molar-refractivity contribution in [1.82, 2.24) is 24.4 Å². The molecule has 2 aromatic heterocycles. The van der Waals surface area contributed by atoms with Crippen LogP contribution in [0.2, 0.25) is 0 Å². The number of rotatable bonds is 3. The molecule has 5 heterocycles. The molecule has 8 heteroatoms. The second-order valence-electron chi connectivity index (χ2n) is 8.73. The zero-order valence-electron chi connectivity index (χ0n) is 16.7. The molecule has 28 heavy (non-hydrogen) atoms. The Balaban J connectivity index is 1.35. The summed E-state index contributed by atoms with van der Waals surface area (Å²) in [5.41, 5.74) is 9.33. The molecule has 2 N–H and O–H groups in total. The zero-order valence-corrected chi connectivity index (χ0v) is 16.7. The van der Waals surface area contributed by atoms with Crippen molar-refractivity contribution >= 4 is 17.4 Å². The van der Waals surface area contributed by atoms with E-state index in [9.17, 15) is 4.79 Å². The molecule has 2 saturated heterocycles. The fourth-order valence-electron chi connectivity index (χ4n) is 4.60. The van der Waals surface area contributed by atoms with Gasteiger partial charge in [-0.2, -0.15) is 9.61 Å². The quantitative estimate of drug-likeness (QED) is 0.804. The SMILES string of the molecule is CC(N)C1CN(C(=O)C2CN(c3c4c(nc5ccnn35)CCN(C)CC4)C2)C1. The van der Waals surface area contributed by atoms with E-state index in [1.54, 1.807) is 0 Å². The summed E-state index contributed by atoms with van der Waals surface area (Å²) in [6, 6.07) is 2.13. The van der Waals surface area contributed by atoms with Crippen LogP contribution in [0.15, 0.2) is 12.3 Å². The number of likely N-dealkylation sites (N-methyl/N-ethyl adjacent to an activating group) is 1. The van der Waals surface area contributed by atoms with E-state index >= 15 is 0 Å². The highest BCUT2D eigenvalue weighted by Crippen LogP contribution is 2.33. The third-order valence-electron chi connectivity index (χ3n) is 6.66. The van der Waals surface area contributed by atoms with Crippen LogP contribution in [-0.4, -0.2) is 82.7 Å². The van der Waals surface area contributed by atoms with Gasteiger partial charge in [-0.1, -0.05) is 0 Å². The van der Waals surface area contributed by atoms with E-state index in [4.69, 9.17) is 10.7 Å². The highest BCUT2D eigenvalue weighted by Gasteiger charge is 2.42. The van der Waals surface area contributed by atoms with E-state index in [0.717, 1.165) is 63.6 Å². The first-order chi connectivity index (χ1) is 13.5. The molecule has 1 unspecified atom stereocenters. The highest BCUT2D eigenvalue weighted by molar-refractivity contribution is 5.83. The van der Waals surface area contributed by atoms with Gasteiger partial charge < -0.3 is 20.4 Å². The predicted molar refractivity (Wildman–Crippen MR) is 107 cm³/mol. The number of hydrogen-bond acceptors (Lipinski definition) is 6. The number of nitrogens with zero attached hydrogens (tertiary/aromatic N) is 6. The lowest BCUT2D eigenvalue weighted by Gasteiger charge is -2.47. The number of likely N-dealkylation sites (tertiary alicyclic amines) is 1. The Morgan fingerprint density at radius 3 is 2.71 bits per heavy atom. The molecule has 5 rings (SSSR count). The molecule has 8 nitrogen and oxygen atoms in total. The Labute approximate surface area is 165 Å². The molecule has 0 radical (unpaired) electrons. The predicted octanol–water partition coefficient (Wildman–Crippen LogP) is 0.00150. The molecule has 3 aliphatic rings. The summed E-state index contributed by atoms with van der Waals surface area (Å²) in [6.45, 7) is 7.23. The first-order valence-corrected chi connectivity index (χ1v) is 10.3. The van der Waals surface area contributed by atoms with Crippen molar-refractivity contribution in [2.75, 3.05) is 51.2 Å². The van der Waals surface area contributed by atoms with Crippen LogP contribution in [0.25, 0.3) is 5.65 Å². The van der Waals surface area contributed by atoms with Gasteiger partial charge in [0, 0.05) is 69.3 Å². The van der Waals surface area contributed by atoms with Crippen molar-refractivity contribution in [3.8, 4) is 0 Å². The Kier molecular flexibility index (Phi) is 4.28. The lowest BCUT2D eigenvalue weighted by molar-refractivity contribution is -0.143. The van der Waals surface area contributed by atoms with Crippen LogP contribution < -0.4 is 10.6 Å². The van der Waals surface area contributed by atoms with Crippen LogP contribution in [0.4, 0.5) is 5.82 Å². The lowest BCUT2D eigenvalue weighted by Crippen LogP contribution is -2.62. The van der Waals surface area contributed by atoms with Gasteiger partial charge >= 0.3 is 0 Å². The molecular weight excluding hydrogens is 354 g/mol. The molecule has 0 bridgehead atoms. The van der Waals surface area contributed by atoms with Crippen LogP contribution >= 0.6 is 0 Å². The number of hydrogen-bond donors (Lipinski definition) is 1. The smallest absolute Gasteiger partial charge is 0.229 e. The summed E-state index contributed by atoms with van der Waals surface area (Å²) >= 11 is 0. The van der Waals surface area contributed by atoms with Crippen molar-refractivity contribution in [2.24, 2.45) is 17.6 Å². The molecule has 1 atom stereocenters. The summed E-state index contributed by atoms with van der Waals surface area (Å²) in [7, 11) is 2.16. The minimum Gasteiger partial charge on any atom is -0.354 e. The minimum absolute atomic E-state index is 0.0805. The lowest BCUT2D eigenvalue weighted by atomic mass is 9.89. The standard InChI is InChI=1S/C20H29N7O/c1-13(21)14-9-26(10-14)20(28)15-11-25(12-15)19-16-4-7-24(2)8-5-17(16)23-18-3-6-22-27(18)19/h3,6,13-15H,4-5,7-12,21H2,1-2H3. The molecule has 2 aromatic rings. The van der Waals surface area contributed by atoms with Crippen LogP contribution in [0.5, 0.6) is 0 Å². The first kappa shape index (κ1) is 17.9. The monoisotopic (exact) mass is 383 g/mol. The van der Waals surface area contributed by atoms with E-state index < -0.39 is 0 Å². The average Bonchev–Trinajstić information content (AvgIpc) is 2.95.